The topological polar surface area (TPSA) is 24.4 Å². The lowest BCUT2D eigenvalue weighted by atomic mass is 9.84. The highest BCUT2D eigenvalue weighted by Crippen LogP contribution is 2.25. The van der Waals surface area contributed by atoms with Crippen LogP contribution in [0, 0.1) is 5.92 Å². The van der Waals surface area contributed by atoms with Crippen LogP contribution in [0.2, 0.25) is 0 Å². The molecule has 0 aromatic carbocycles. The zero-order chi connectivity index (χ0) is 6.81. The Morgan fingerprint density at radius 1 is 1.30 bits per heavy atom. The lowest BCUT2D eigenvalue weighted by Gasteiger charge is -2.32. The first kappa shape index (κ1) is 6.20. The predicted molar refractivity (Wildman–Crippen MR) is 42.2 cm³/mol. The average molecular weight is 138 g/mol. The number of nitrogens with one attached hydrogen (secondary N) is 1. The van der Waals surface area contributed by atoms with Crippen molar-refractivity contribution in [3.63, 3.8) is 0 Å². The standard InChI is InChI=1S/C8H14N2/c1-2-4-8-7(3-1)5-9-6-10-8/h6-8H,1-5H2,(H,9,10)/t7-,8-/m0/s1. The maximum absolute atomic E-state index is 4.23. The number of nitrogens with zero attached hydrogens (tertiary/aromatic N) is 1. The fraction of sp³-hybridized carbons (Fsp3) is 0.875. The van der Waals surface area contributed by atoms with Crippen LogP contribution in [0.1, 0.15) is 25.7 Å². The molecule has 2 rings (SSSR count). The minimum atomic E-state index is 0.756. The SMILES string of the molecule is C1=NC[C@@H]2CCCC[C@@H]2N1. The van der Waals surface area contributed by atoms with Gasteiger partial charge in [0.15, 0.2) is 0 Å². The van der Waals surface area contributed by atoms with E-state index in [0.717, 1.165) is 18.5 Å². The fourth-order valence-corrected chi connectivity index (χ4v) is 1.98. The zero-order valence-electron chi connectivity index (χ0n) is 6.21. The monoisotopic (exact) mass is 138 g/mol. The lowest BCUT2D eigenvalue weighted by Crippen LogP contribution is -2.42. The molecule has 0 radical (unpaired) electrons. The van der Waals surface area contributed by atoms with E-state index < -0.39 is 0 Å². The van der Waals surface area contributed by atoms with Gasteiger partial charge in [-0.2, -0.15) is 0 Å². The molecule has 1 heterocycles. The summed E-state index contributed by atoms with van der Waals surface area (Å²) < 4.78 is 0. The molecule has 1 aliphatic carbocycles. The number of fused-ring (bicyclic) bond motifs is 1. The highest BCUT2D eigenvalue weighted by Gasteiger charge is 2.25. The quantitative estimate of drug-likeness (QED) is 0.534. The molecule has 1 saturated carbocycles. The summed E-state index contributed by atoms with van der Waals surface area (Å²) in [6, 6.07) is 0.756. The van der Waals surface area contributed by atoms with Crippen molar-refractivity contribution in [2.24, 2.45) is 10.9 Å². The Hall–Kier alpha value is -0.530. The average Bonchev–Trinajstić information content (AvgIpc) is 2.05. The molecule has 2 nitrogen and oxygen atoms in total. The van der Waals surface area contributed by atoms with Gasteiger partial charge in [0, 0.05) is 12.6 Å². The smallest absolute Gasteiger partial charge is 0.0826 e. The van der Waals surface area contributed by atoms with E-state index in [-0.39, 0.29) is 0 Å². The van der Waals surface area contributed by atoms with Crippen LogP contribution in [0.3, 0.4) is 0 Å². The first-order valence-electron chi connectivity index (χ1n) is 4.21. The highest BCUT2D eigenvalue weighted by molar-refractivity contribution is 5.55. The van der Waals surface area contributed by atoms with E-state index in [4.69, 9.17) is 0 Å². The molecule has 0 unspecified atom stereocenters. The summed E-state index contributed by atoms with van der Waals surface area (Å²) in [6.07, 6.45) is 7.44. The Labute approximate surface area is 61.7 Å². The van der Waals surface area contributed by atoms with E-state index in [2.05, 4.69) is 10.3 Å². The molecule has 0 amide bonds. The fourth-order valence-electron chi connectivity index (χ4n) is 1.98. The van der Waals surface area contributed by atoms with Gasteiger partial charge in [-0.1, -0.05) is 12.8 Å². The molecule has 1 aliphatic heterocycles. The van der Waals surface area contributed by atoms with E-state index in [9.17, 15) is 0 Å². The van der Waals surface area contributed by atoms with Gasteiger partial charge in [0.2, 0.25) is 0 Å². The third-order valence-electron chi connectivity index (χ3n) is 2.63. The summed E-state index contributed by atoms with van der Waals surface area (Å²) in [6.45, 7) is 1.07. The second kappa shape index (κ2) is 2.60. The Morgan fingerprint density at radius 2 is 2.20 bits per heavy atom. The summed E-state index contributed by atoms with van der Waals surface area (Å²) in [5, 5.41) is 3.33. The van der Waals surface area contributed by atoms with Crippen molar-refractivity contribution in [3.05, 3.63) is 0 Å². The molecule has 0 aromatic rings. The van der Waals surface area contributed by atoms with Crippen molar-refractivity contribution in [2.75, 3.05) is 6.54 Å². The largest absolute Gasteiger partial charge is 0.373 e. The van der Waals surface area contributed by atoms with Gasteiger partial charge in [-0.15, -0.1) is 0 Å². The van der Waals surface area contributed by atoms with Crippen molar-refractivity contribution < 1.29 is 0 Å². The molecule has 1 fully saturated rings. The van der Waals surface area contributed by atoms with Crippen LogP contribution in [0.15, 0.2) is 4.99 Å². The minimum absolute atomic E-state index is 0.756. The highest BCUT2D eigenvalue weighted by atomic mass is 15.0. The maximum atomic E-state index is 4.23. The molecule has 0 bridgehead atoms. The van der Waals surface area contributed by atoms with Crippen LogP contribution in [0.5, 0.6) is 0 Å². The van der Waals surface area contributed by atoms with E-state index >= 15 is 0 Å². The van der Waals surface area contributed by atoms with Gasteiger partial charge in [-0.25, -0.2) is 0 Å². The summed E-state index contributed by atoms with van der Waals surface area (Å²) in [4.78, 5) is 4.23. The molecule has 56 valence electrons. The first-order valence-corrected chi connectivity index (χ1v) is 4.21. The molecule has 10 heavy (non-hydrogen) atoms. The second-order valence-electron chi connectivity index (χ2n) is 3.31. The van der Waals surface area contributed by atoms with Gasteiger partial charge in [0.25, 0.3) is 0 Å². The van der Waals surface area contributed by atoms with E-state index in [1.54, 1.807) is 0 Å². The molecule has 2 aliphatic rings. The van der Waals surface area contributed by atoms with Crippen LogP contribution in [-0.4, -0.2) is 18.9 Å². The van der Waals surface area contributed by atoms with Crippen LogP contribution in [-0.2, 0) is 0 Å². The van der Waals surface area contributed by atoms with Gasteiger partial charge < -0.3 is 5.32 Å². The molecule has 2 atom stereocenters. The van der Waals surface area contributed by atoms with Gasteiger partial charge in [-0.3, -0.25) is 4.99 Å². The van der Waals surface area contributed by atoms with Crippen LogP contribution in [0.4, 0.5) is 0 Å². The Morgan fingerprint density at radius 3 is 3.10 bits per heavy atom. The summed E-state index contributed by atoms with van der Waals surface area (Å²) >= 11 is 0. The van der Waals surface area contributed by atoms with Gasteiger partial charge >= 0.3 is 0 Å². The summed E-state index contributed by atoms with van der Waals surface area (Å²) in [5.41, 5.74) is 0. The predicted octanol–water partition coefficient (Wildman–Crippen LogP) is 1.18. The number of hydrogen-bond acceptors (Lipinski definition) is 2. The van der Waals surface area contributed by atoms with Gasteiger partial charge in [-0.05, 0) is 18.8 Å². The van der Waals surface area contributed by atoms with Gasteiger partial charge in [0.1, 0.15) is 0 Å². The van der Waals surface area contributed by atoms with Crippen LogP contribution in [0.25, 0.3) is 0 Å². The zero-order valence-corrected chi connectivity index (χ0v) is 6.21. The Kier molecular flexibility index (Phi) is 1.61. The molecule has 2 heteroatoms. The number of hydrogen-bond donors (Lipinski definition) is 1. The van der Waals surface area contributed by atoms with E-state index in [1.165, 1.54) is 25.7 Å². The lowest BCUT2D eigenvalue weighted by molar-refractivity contribution is 0.286. The molecule has 0 spiro atoms. The molecular weight excluding hydrogens is 124 g/mol. The number of aliphatic imine (C=N–C) groups is 1. The first-order chi connectivity index (χ1) is 4.97. The minimum Gasteiger partial charge on any atom is -0.373 e. The molecular formula is C8H14N2. The molecule has 0 aromatic heterocycles. The van der Waals surface area contributed by atoms with Crippen molar-refractivity contribution in [1.82, 2.24) is 5.32 Å². The maximum Gasteiger partial charge on any atom is 0.0826 e. The normalized spacial score (nSPS) is 38.4. The third kappa shape index (κ3) is 1.02. The van der Waals surface area contributed by atoms with Gasteiger partial charge in [0.05, 0.1) is 6.34 Å². The van der Waals surface area contributed by atoms with Crippen molar-refractivity contribution in [2.45, 2.75) is 31.7 Å². The Balaban J connectivity index is 2.01. The number of rotatable bonds is 0. The molecule has 1 N–H and O–H groups in total. The second-order valence-corrected chi connectivity index (χ2v) is 3.31. The third-order valence-corrected chi connectivity index (χ3v) is 2.63. The van der Waals surface area contributed by atoms with Crippen molar-refractivity contribution in [1.29, 1.82) is 0 Å². The van der Waals surface area contributed by atoms with Crippen molar-refractivity contribution in [3.8, 4) is 0 Å². The van der Waals surface area contributed by atoms with Crippen LogP contribution >= 0.6 is 0 Å². The van der Waals surface area contributed by atoms with E-state index in [1.807, 2.05) is 6.34 Å². The molecule has 0 saturated heterocycles. The Bertz CT molecular complexity index is 126. The van der Waals surface area contributed by atoms with Crippen molar-refractivity contribution >= 4 is 6.34 Å². The van der Waals surface area contributed by atoms with Crippen LogP contribution < -0.4 is 5.32 Å². The summed E-state index contributed by atoms with van der Waals surface area (Å²) in [7, 11) is 0. The summed E-state index contributed by atoms with van der Waals surface area (Å²) in [5.74, 6) is 0.846. The van der Waals surface area contributed by atoms with E-state index in [0.29, 0.717) is 0 Å².